The van der Waals surface area contributed by atoms with Gasteiger partial charge in [-0.3, -0.25) is 0 Å². The topological polar surface area (TPSA) is 9.23 Å². The fourth-order valence-electron chi connectivity index (χ4n) is 2.27. The molecular weight excluding hydrogens is 220 g/mol. The second kappa shape index (κ2) is 6.26. The van der Waals surface area contributed by atoms with Crippen molar-refractivity contribution in [1.29, 1.82) is 0 Å². The molecule has 1 rings (SSSR count). The molecule has 0 aromatic rings. The Morgan fingerprint density at radius 1 is 1.38 bits per heavy atom. The molecule has 1 aliphatic carbocycles. The average Bonchev–Trinajstić information content (AvgIpc) is 2.27. The van der Waals surface area contributed by atoms with Crippen molar-refractivity contribution in [2.75, 3.05) is 6.61 Å². The van der Waals surface area contributed by atoms with Crippen molar-refractivity contribution in [3.63, 3.8) is 0 Å². The Bertz CT molecular complexity index is 203. The van der Waals surface area contributed by atoms with Crippen LogP contribution in [-0.2, 0) is 4.74 Å². The summed E-state index contributed by atoms with van der Waals surface area (Å²) in [4.78, 5) is 0. The second-order valence-corrected chi connectivity index (χ2v) is 6.29. The third-order valence-corrected chi connectivity index (χ3v) is 4.88. The maximum absolute atomic E-state index is 6.19. The highest BCUT2D eigenvalue weighted by atomic mass is 35.5. The molecule has 0 N–H and O–H groups in total. The zero-order valence-corrected chi connectivity index (χ0v) is 12.0. The number of unbranched alkanes of at least 4 members (excludes halogenated alkanes) is 1. The van der Waals surface area contributed by atoms with E-state index < -0.39 is 0 Å². The van der Waals surface area contributed by atoms with Crippen LogP contribution in [0, 0.1) is 11.3 Å². The second-order valence-electron chi connectivity index (χ2n) is 5.76. The molecule has 0 radical (unpaired) electrons. The molecule has 2 heteroatoms. The largest absolute Gasteiger partial charge is 0.377 e. The minimum Gasteiger partial charge on any atom is -0.377 e. The summed E-state index contributed by atoms with van der Waals surface area (Å²) in [5.41, 5.74) is 0.171. The van der Waals surface area contributed by atoms with Crippen LogP contribution in [0.2, 0.25) is 0 Å². The number of rotatable bonds is 7. The Labute approximate surface area is 106 Å². The predicted molar refractivity (Wildman–Crippen MR) is 71.1 cm³/mol. The van der Waals surface area contributed by atoms with Gasteiger partial charge in [0.1, 0.15) is 0 Å². The molecule has 0 spiro atoms. The minimum absolute atomic E-state index is 0.171. The highest BCUT2D eigenvalue weighted by Crippen LogP contribution is 2.46. The van der Waals surface area contributed by atoms with E-state index in [4.69, 9.17) is 16.3 Å². The molecule has 96 valence electrons. The summed E-state index contributed by atoms with van der Waals surface area (Å²) >= 11 is 6.19. The first kappa shape index (κ1) is 14.3. The van der Waals surface area contributed by atoms with E-state index in [1.807, 2.05) is 0 Å². The highest BCUT2D eigenvalue weighted by Gasteiger charge is 2.48. The maximum Gasteiger partial charge on any atom is 0.0654 e. The van der Waals surface area contributed by atoms with Crippen molar-refractivity contribution < 1.29 is 4.74 Å². The number of alkyl halides is 1. The molecule has 1 fully saturated rings. The van der Waals surface area contributed by atoms with Crippen LogP contribution in [0.3, 0.4) is 0 Å². The van der Waals surface area contributed by atoms with Gasteiger partial charge in [-0.2, -0.15) is 0 Å². The Balaban J connectivity index is 2.23. The van der Waals surface area contributed by atoms with Gasteiger partial charge in [0.05, 0.1) is 6.10 Å². The van der Waals surface area contributed by atoms with Gasteiger partial charge in [0, 0.05) is 17.4 Å². The van der Waals surface area contributed by atoms with Crippen LogP contribution in [0.1, 0.15) is 59.8 Å². The zero-order valence-electron chi connectivity index (χ0n) is 11.3. The molecule has 0 amide bonds. The van der Waals surface area contributed by atoms with Gasteiger partial charge >= 0.3 is 0 Å². The molecule has 0 aromatic heterocycles. The van der Waals surface area contributed by atoms with Gasteiger partial charge in [-0.1, -0.05) is 47.0 Å². The first-order valence-electron chi connectivity index (χ1n) is 6.78. The van der Waals surface area contributed by atoms with Crippen molar-refractivity contribution in [1.82, 2.24) is 0 Å². The summed E-state index contributed by atoms with van der Waals surface area (Å²) in [5.74, 6) is 0.741. The normalized spacial score (nSPS) is 29.8. The van der Waals surface area contributed by atoms with Crippen molar-refractivity contribution in [2.45, 2.75) is 71.3 Å². The number of hydrogen-bond acceptors (Lipinski definition) is 1. The highest BCUT2D eigenvalue weighted by molar-refractivity contribution is 6.21. The maximum atomic E-state index is 6.19. The minimum atomic E-state index is 0.171. The van der Waals surface area contributed by atoms with Crippen LogP contribution in [0.25, 0.3) is 0 Å². The van der Waals surface area contributed by atoms with E-state index in [1.165, 1.54) is 25.7 Å². The van der Waals surface area contributed by atoms with Gasteiger partial charge in [-0.15, -0.1) is 11.6 Å². The van der Waals surface area contributed by atoms with Gasteiger partial charge in [0.25, 0.3) is 0 Å². The van der Waals surface area contributed by atoms with Crippen molar-refractivity contribution in [3.8, 4) is 0 Å². The van der Waals surface area contributed by atoms with Gasteiger partial charge in [0.2, 0.25) is 0 Å². The van der Waals surface area contributed by atoms with E-state index in [9.17, 15) is 0 Å². The molecule has 1 saturated carbocycles. The molecule has 0 saturated heterocycles. The molecule has 0 aromatic carbocycles. The quantitative estimate of drug-likeness (QED) is 0.596. The summed E-state index contributed by atoms with van der Waals surface area (Å²) in [6.07, 6.45) is 6.56. The predicted octanol–water partition coefficient (Wildman–Crippen LogP) is 4.63. The van der Waals surface area contributed by atoms with Gasteiger partial charge < -0.3 is 4.74 Å². The van der Waals surface area contributed by atoms with E-state index >= 15 is 0 Å². The molecule has 1 nitrogen and oxygen atoms in total. The molecule has 3 atom stereocenters. The van der Waals surface area contributed by atoms with E-state index in [0.717, 1.165) is 18.9 Å². The average molecular weight is 247 g/mol. The Kier molecular flexibility index (Phi) is 5.60. The van der Waals surface area contributed by atoms with Crippen LogP contribution in [0.4, 0.5) is 0 Å². The lowest BCUT2D eigenvalue weighted by Gasteiger charge is -2.48. The molecule has 0 heterocycles. The lowest BCUT2D eigenvalue weighted by molar-refractivity contribution is -0.0997. The van der Waals surface area contributed by atoms with Crippen LogP contribution in [0.5, 0.6) is 0 Å². The van der Waals surface area contributed by atoms with Crippen molar-refractivity contribution in [2.24, 2.45) is 11.3 Å². The number of hydrogen-bond donors (Lipinski definition) is 0. The van der Waals surface area contributed by atoms with E-state index in [-0.39, 0.29) is 5.41 Å². The molecule has 16 heavy (non-hydrogen) atoms. The Morgan fingerprint density at radius 2 is 2.06 bits per heavy atom. The lowest BCUT2D eigenvalue weighted by Crippen LogP contribution is -2.52. The fourth-order valence-corrected chi connectivity index (χ4v) is 2.57. The summed E-state index contributed by atoms with van der Waals surface area (Å²) < 4.78 is 6.03. The van der Waals surface area contributed by atoms with Crippen LogP contribution in [0.15, 0.2) is 0 Å². The van der Waals surface area contributed by atoms with Gasteiger partial charge in [-0.25, -0.2) is 0 Å². The molecular formula is C14H27ClO. The van der Waals surface area contributed by atoms with Gasteiger partial charge in [-0.05, 0) is 18.8 Å². The standard InChI is InChI=1S/C14H27ClO/c1-5-7-8-11(6-2)10-16-13-9-12(15)14(13,3)4/h11-13H,5-10H2,1-4H3. The molecule has 3 unspecified atom stereocenters. The van der Waals surface area contributed by atoms with E-state index in [1.54, 1.807) is 0 Å². The van der Waals surface area contributed by atoms with Crippen molar-refractivity contribution in [3.05, 3.63) is 0 Å². The fraction of sp³-hybridized carbons (Fsp3) is 1.00. The molecule has 1 aliphatic rings. The van der Waals surface area contributed by atoms with E-state index in [2.05, 4.69) is 27.7 Å². The summed E-state index contributed by atoms with van der Waals surface area (Å²) in [6, 6.07) is 0. The summed E-state index contributed by atoms with van der Waals surface area (Å²) in [6.45, 7) is 9.87. The summed E-state index contributed by atoms with van der Waals surface area (Å²) in [7, 11) is 0. The van der Waals surface area contributed by atoms with Gasteiger partial charge in [0.15, 0.2) is 0 Å². The molecule has 0 aliphatic heterocycles. The first-order valence-corrected chi connectivity index (χ1v) is 7.21. The number of halogens is 1. The van der Waals surface area contributed by atoms with Crippen molar-refractivity contribution >= 4 is 11.6 Å². The molecule has 0 bridgehead atoms. The lowest BCUT2D eigenvalue weighted by atomic mass is 9.68. The summed E-state index contributed by atoms with van der Waals surface area (Å²) in [5, 5.41) is 0.299. The third-order valence-electron chi connectivity index (χ3n) is 4.13. The first-order chi connectivity index (χ1) is 7.52. The smallest absolute Gasteiger partial charge is 0.0654 e. The number of ether oxygens (including phenoxy) is 1. The van der Waals surface area contributed by atoms with Crippen LogP contribution in [-0.4, -0.2) is 18.1 Å². The monoisotopic (exact) mass is 246 g/mol. The van der Waals surface area contributed by atoms with E-state index in [0.29, 0.717) is 11.5 Å². The van der Waals surface area contributed by atoms with Crippen LogP contribution >= 0.6 is 11.6 Å². The Hall–Kier alpha value is 0.250. The zero-order chi connectivity index (χ0) is 12.2. The third kappa shape index (κ3) is 3.37. The van der Waals surface area contributed by atoms with Crippen LogP contribution < -0.4 is 0 Å². The Morgan fingerprint density at radius 3 is 2.50 bits per heavy atom. The SMILES string of the molecule is CCCCC(CC)COC1CC(Cl)C1(C)C.